The van der Waals surface area contributed by atoms with E-state index < -0.39 is 10.4 Å². The molecular weight excluding hydrogens is 226 g/mol. The van der Waals surface area contributed by atoms with Gasteiger partial charge in [0.05, 0.1) is 0 Å². The van der Waals surface area contributed by atoms with Crippen molar-refractivity contribution in [2.24, 2.45) is 0 Å². The van der Waals surface area contributed by atoms with Gasteiger partial charge in [-0.05, 0) is 0 Å². The van der Waals surface area contributed by atoms with E-state index in [4.69, 9.17) is 37.8 Å². The fourth-order valence-electron chi connectivity index (χ4n) is 0. The van der Waals surface area contributed by atoms with Crippen molar-refractivity contribution in [3.63, 3.8) is 0 Å². The van der Waals surface area contributed by atoms with Crippen molar-refractivity contribution in [1.82, 2.24) is 0 Å². The topological polar surface area (TPSA) is 74.6 Å². The molecule has 0 aliphatic carbocycles. The standard InChI is InChI=1S/2ClH.Co.H2O4S/c;;;1-5(2,3)4/h2*1H;;(H2,1,2,3,4)/q;;+2;/p-2. The van der Waals surface area contributed by atoms with Gasteiger partial charge in [-0.25, -0.2) is 0 Å². The summed E-state index contributed by atoms with van der Waals surface area (Å²) < 4.78 is 31.6. The van der Waals surface area contributed by atoms with Crippen molar-refractivity contribution in [2.45, 2.75) is 0 Å². The molecule has 0 fully saturated rings. The Morgan fingerprint density at radius 3 is 1.25 bits per heavy atom. The van der Waals surface area contributed by atoms with Gasteiger partial charge in [0.1, 0.15) is 0 Å². The summed E-state index contributed by atoms with van der Waals surface area (Å²) in [4.78, 5) is 0. The Kier molecular flexibility index (Phi) is 8.91. The van der Waals surface area contributed by atoms with Gasteiger partial charge in [0.25, 0.3) is 0 Å². The van der Waals surface area contributed by atoms with Crippen LogP contribution in [0, 0.1) is 0 Å². The molecule has 55 valence electrons. The van der Waals surface area contributed by atoms with Crippen LogP contribution in [0.25, 0.3) is 0 Å². The first-order valence-corrected chi connectivity index (χ1v) is 5.21. The van der Waals surface area contributed by atoms with Gasteiger partial charge < -0.3 is 0 Å². The van der Waals surface area contributed by atoms with Crippen molar-refractivity contribution in [1.29, 1.82) is 0 Å². The Hall–Kier alpha value is 0.956. The zero-order chi connectivity index (χ0) is 7.21. The molecule has 0 heterocycles. The van der Waals surface area contributed by atoms with Crippen LogP contribution in [0.15, 0.2) is 0 Å². The second-order valence-corrected chi connectivity index (χ2v) is 3.11. The Balaban J connectivity index is 0. The average molecular weight is 228 g/mol. The van der Waals surface area contributed by atoms with Crippen molar-refractivity contribution >= 4 is 30.7 Å². The Bertz CT molecular complexity index is 108. The molecule has 0 rings (SSSR count). The third kappa shape index (κ3) is 270. The van der Waals surface area contributed by atoms with Crippen LogP contribution in [0.2, 0.25) is 0 Å². The second-order valence-electron chi connectivity index (χ2n) is 0.495. The van der Waals surface area contributed by atoms with E-state index in [1.54, 1.807) is 0 Å². The minimum atomic E-state index is -4.67. The molecule has 0 saturated heterocycles. The van der Waals surface area contributed by atoms with Gasteiger partial charge in [0.2, 0.25) is 0 Å². The first-order chi connectivity index (χ1) is 3.41. The van der Waals surface area contributed by atoms with Crippen LogP contribution in [-0.4, -0.2) is 17.5 Å². The summed E-state index contributed by atoms with van der Waals surface area (Å²) in [5, 5.41) is 0. The molecule has 0 aliphatic heterocycles. The predicted octanol–water partition coefficient (Wildman–Crippen LogP) is 0.724. The molecule has 8 heteroatoms. The zero-order valence-electron chi connectivity index (χ0n) is 3.21. The van der Waals surface area contributed by atoms with E-state index in [-0.39, 0.29) is 0 Å². The van der Waals surface area contributed by atoms with Gasteiger partial charge in [0.15, 0.2) is 0 Å². The molecule has 8 heavy (non-hydrogen) atoms. The van der Waals surface area contributed by atoms with E-state index in [0.717, 1.165) is 0 Å². The average Bonchev–Trinajstić information content (AvgIpc) is 1.27. The van der Waals surface area contributed by atoms with Gasteiger partial charge in [-0.3, -0.25) is 9.11 Å². The number of halogens is 2. The molecule has 4 nitrogen and oxygen atoms in total. The van der Waals surface area contributed by atoms with Crippen LogP contribution in [0.1, 0.15) is 0 Å². The molecule has 0 aromatic carbocycles. The van der Waals surface area contributed by atoms with Crippen molar-refractivity contribution in [3.05, 3.63) is 0 Å². The molecule has 0 atom stereocenters. The van der Waals surface area contributed by atoms with Crippen molar-refractivity contribution in [2.75, 3.05) is 0 Å². The monoisotopic (exact) mass is 227 g/mol. The third-order valence-corrected chi connectivity index (χ3v) is 0. The SMILES string of the molecule is O=S(=O)(O)O.[Cl][Co][Cl]. The molecule has 0 unspecified atom stereocenters. The molecular formula is H2Cl2CoO4S. The molecule has 0 bridgehead atoms. The maximum atomic E-state index is 8.74. The summed E-state index contributed by atoms with van der Waals surface area (Å²) in [6.07, 6.45) is 0. The molecule has 2 N–H and O–H groups in total. The second kappa shape index (κ2) is 6.08. The number of hydrogen-bond acceptors (Lipinski definition) is 2. The molecule has 0 spiro atoms. The maximum absolute atomic E-state index is 8.74. The molecule has 0 radical (unpaired) electrons. The zero-order valence-corrected chi connectivity index (χ0v) is 6.58. The number of hydrogen-bond donors (Lipinski definition) is 2. The van der Waals surface area contributed by atoms with Gasteiger partial charge in [-0.1, -0.05) is 0 Å². The summed E-state index contributed by atoms with van der Waals surface area (Å²) in [5.41, 5.74) is 0. The normalized spacial score (nSPS) is 10.0. The molecule has 0 aromatic heterocycles. The summed E-state index contributed by atoms with van der Waals surface area (Å²) in [5.74, 6) is 0. The molecule has 0 saturated carbocycles. The summed E-state index contributed by atoms with van der Waals surface area (Å²) in [6, 6.07) is 0. The van der Waals surface area contributed by atoms with E-state index in [1.807, 2.05) is 0 Å². The first-order valence-electron chi connectivity index (χ1n) is 0.950. The van der Waals surface area contributed by atoms with Crippen LogP contribution in [0.5, 0.6) is 0 Å². The van der Waals surface area contributed by atoms with E-state index in [9.17, 15) is 0 Å². The van der Waals surface area contributed by atoms with Crippen LogP contribution >= 0.6 is 20.3 Å². The third-order valence-electron chi connectivity index (χ3n) is 0. The Labute approximate surface area is 61.2 Å². The predicted molar refractivity (Wildman–Crippen MR) is 25.9 cm³/mol. The van der Waals surface area contributed by atoms with Gasteiger partial charge >= 0.3 is 43.6 Å². The van der Waals surface area contributed by atoms with Crippen molar-refractivity contribution < 1.29 is 30.4 Å². The van der Waals surface area contributed by atoms with E-state index in [2.05, 4.69) is 0 Å². The quantitative estimate of drug-likeness (QED) is 0.599. The summed E-state index contributed by atoms with van der Waals surface area (Å²) in [7, 11) is 4.80. The van der Waals surface area contributed by atoms with Crippen LogP contribution in [-0.2, 0) is 23.3 Å². The van der Waals surface area contributed by atoms with Gasteiger partial charge in [-0.15, -0.1) is 0 Å². The van der Waals surface area contributed by atoms with E-state index in [0.29, 0.717) is 12.9 Å². The summed E-state index contributed by atoms with van der Waals surface area (Å²) >= 11 is 0.382. The van der Waals surface area contributed by atoms with Crippen LogP contribution in [0.3, 0.4) is 0 Å². The fourth-order valence-corrected chi connectivity index (χ4v) is 0. The van der Waals surface area contributed by atoms with Crippen LogP contribution < -0.4 is 0 Å². The van der Waals surface area contributed by atoms with E-state index >= 15 is 0 Å². The summed E-state index contributed by atoms with van der Waals surface area (Å²) in [6.45, 7) is 0. The molecule has 0 amide bonds. The van der Waals surface area contributed by atoms with Gasteiger partial charge in [-0.2, -0.15) is 8.42 Å². The minimum absolute atomic E-state index is 0.382. The van der Waals surface area contributed by atoms with E-state index in [1.165, 1.54) is 0 Å². The van der Waals surface area contributed by atoms with Crippen molar-refractivity contribution in [3.8, 4) is 0 Å². The first kappa shape index (κ1) is 11.7. The fraction of sp³-hybridized carbons (Fsp3) is 0. The Morgan fingerprint density at radius 1 is 1.25 bits per heavy atom. The van der Waals surface area contributed by atoms with Crippen LogP contribution in [0.4, 0.5) is 0 Å². The number of rotatable bonds is 0. The molecule has 0 aromatic rings. The van der Waals surface area contributed by atoms with Gasteiger partial charge in [0, 0.05) is 0 Å². The molecule has 0 aliphatic rings. The Morgan fingerprint density at radius 2 is 1.25 bits per heavy atom.